The zero-order valence-electron chi connectivity index (χ0n) is 17.0. The number of sulfonamides is 1. The van der Waals surface area contributed by atoms with E-state index in [1.807, 2.05) is 6.92 Å². The summed E-state index contributed by atoms with van der Waals surface area (Å²) >= 11 is 0. The number of hydrogen-bond donors (Lipinski definition) is 1. The van der Waals surface area contributed by atoms with Crippen LogP contribution in [0.3, 0.4) is 0 Å². The Kier molecular flexibility index (Phi) is 5.24. The monoisotopic (exact) mass is 449 g/mol. The van der Waals surface area contributed by atoms with Crippen LogP contribution >= 0.6 is 0 Å². The number of benzene rings is 1. The van der Waals surface area contributed by atoms with Crippen LogP contribution in [0.1, 0.15) is 43.0 Å². The van der Waals surface area contributed by atoms with Gasteiger partial charge in [-0.2, -0.15) is 0 Å². The number of imide groups is 1. The number of rotatable bonds is 5. The lowest BCUT2D eigenvalue weighted by Crippen LogP contribution is -2.54. The van der Waals surface area contributed by atoms with Crippen molar-refractivity contribution in [2.24, 2.45) is 5.92 Å². The van der Waals surface area contributed by atoms with Gasteiger partial charge in [0.05, 0.1) is 12.1 Å². The Labute approximate surface area is 179 Å². The van der Waals surface area contributed by atoms with E-state index in [4.69, 9.17) is 4.74 Å². The Morgan fingerprint density at radius 1 is 1.23 bits per heavy atom. The van der Waals surface area contributed by atoms with E-state index < -0.39 is 45.9 Å². The fourth-order valence-corrected chi connectivity index (χ4v) is 6.06. The molecule has 2 fully saturated rings. The molecule has 10 nitrogen and oxygen atoms in total. The van der Waals surface area contributed by atoms with Crippen LogP contribution in [-0.2, 0) is 24.3 Å². The van der Waals surface area contributed by atoms with Gasteiger partial charge in [0.15, 0.2) is 0 Å². The number of fused-ring (bicyclic) bond motifs is 1. The van der Waals surface area contributed by atoms with Crippen LogP contribution < -0.4 is 5.32 Å². The lowest BCUT2D eigenvalue weighted by atomic mass is 9.73. The Morgan fingerprint density at radius 3 is 2.68 bits per heavy atom. The number of esters is 1. The normalized spacial score (nSPS) is 26.9. The smallest absolute Gasteiger partial charge is 0.326 e. The van der Waals surface area contributed by atoms with Crippen LogP contribution in [0.5, 0.6) is 0 Å². The number of ether oxygens (including phenoxy) is 1. The molecule has 4 amide bonds. The van der Waals surface area contributed by atoms with Crippen molar-refractivity contribution in [2.45, 2.75) is 43.0 Å². The molecule has 0 bridgehead atoms. The predicted octanol–water partition coefficient (Wildman–Crippen LogP) is 0.875. The average molecular weight is 449 g/mol. The van der Waals surface area contributed by atoms with Crippen molar-refractivity contribution < 1.29 is 32.3 Å². The van der Waals surface area contributed by atoms with Gasteiger partial charge in [0.2, 0.25) is 0 Å². The van der Waals surface area contributed by atoms with Gasteiger partial charge in [0.25, 0.3) is 21.8 Å². The van der Waals surface area contributed by atoms with Crippen LogP contribution in [-0.4, -0.2) is 66.7 Å². The predicted molar refractivity (Wildman–Crippen MR) is 106 cm³/mol. The highest BCUT2D eigenvalue weighted by atomic mass is 32.2. The van der Waals surface area contributed by atoms with Crippen molar-refractivity contribution in [3.63, 3.8) is 0 Å². The molecule has 166 valence electrons. The molecule has 31 heavy (non-hydrogen) atoms. The zero-order chi connectivity index (χ0) is 22.4. The van der Waals surface area contributed by atoms with E-state index in [1.165, 1.54) is 18.2 Å². The molecule has 1 saturated heterocycles. The largest absolute Gasteiger partial charge is 0.462 e. The number of urea groups is 1. The van der Waals surface area contributed by atoms with E-state index in [-0.39, 0.29) is 29.5 Å². The highest BCUT2D eigenvalue weighted by Gasteiger charge is 2.55. The Morgan fingerprint density at radius 2 is 1.97 bits per heavy atom. The molecule has 3 aliphatic rings. The molecule has 1 saturated carbocycles. The quantitative estimate of drug-likeness (QED) is 0.521. The lowest BCUT2D eigenvalue weighted by molar-refractivity contribution is -0.148. The van der Waals surface area contributed by atoms with Crippen LogP contribution in [0.4, 0.5) is 4.79 Å². The maximum atomic E-state index is 12.9. The Balaban J connectivity index is 1.35. The summed E-state index contributed by atoms with van der Waals surface area (Å²) in [5.41, 5.74) is -0.905. The zero-order valence-corrected chi connectivity index (χ0v) is 17.8. The number of carbonyl (C=O) groups excluding carboxylic acids is 4. The van der Waals surface area contributed by atoms with Crippen LogP contribution in [0, 0.1) is 5.92 Å². The molecule has 1 N–H and O–H groups in total. The molecule has 1 aliphatic carbocycles. The second-order valence-electron chi connectivity index (χ2n) is 8.04. The second-order valence-corrected chi connectivity index (χ2v) is 9.87. The second kappa shape index (κ2) is 7.63. The van der Waals surface area contributed by atoms with Crippen molar-refractivity contribution in [3.8, 4) is 0 Å². The molecule has 0 unspecified atom stereocenters. The molecular weight excluding hydrogens is 426 g/mol. The van der Waals surface area contributed by atoms with E-state index in [1.54, 1.807) is 6.07 Å². The van der Waals surface area contributed by atoms with Crippen molar-refractivity contribution in [1.29, 1.82) is 0 Å². The van der Waals surface area contributed by atoms with E-state index in [2.05, 4.69) is 5.32 Å². The summed E-state index contributed by atoms with van der Waals surface area (Å²) in [5.74, 6) is -2.01. The van der Waals surface area contributed by atoms with Gasteiger partial charge in [-0.3, -0.25) is 19.3 Å². The Hall–Kier alpha value is -2.95. The van der Waals surface area contributed by atoms with Crippen LogP contribution in [0.2, 0.25) is 0 Å². The number of carbonyl (C=O) groups is 4. The SMILES string of the molecule is C[C@H]1CCCC[C@]12NC(=O)N(CC(=O)OCCN1C(=O)c3ccccc3S1(=O)=O)C2=O. The van der Waals surface area contributed by atoms with E-state index in [0.717, 1.165) is 24.2 Å². The van der Waals surface area contributed by atoms with Crippen molar-refractivity contribution in [2.75, 3.05) is 19.7 Å². The Bertz CT molecular complexity index is 1070. The topological polar surface area (TPSA) is 130 Å². The van der Waals surface area contributed by atoms with Gasteiger partial charge in [-0.25, -0.2) is 17.5 Å². The van der Waals surface area contributed by atoms with E-state index >= 15 is 0 Å². The summed E-state index contributed by atoms with van der Waals surface area (Å²) in [6.45, 7) is 0.594. The third-order valence-electron chi connectivity index (χ3n) is 6.26. The van der Waals surface area contributed by atoms with Gasteiger partial charge < -0.3 is 10.1 Å². The summed E-state index contributed by atoms with van der Waals surface area (Å²) in [6.07, 6.45) is 3.14. The summed E-state index contributed by atoms with van der Waals surface area (Å²) in [7, 11) is -3.99. The lowest BCUT2D eigenvalue weighted by Gasteiger charge is -2.36. The molecule has 2 aliphatic heterocycles. The summed E-state index contributed by atoms with van der Waals surface area (Å²) in [4.78, 5) is 50.6. The highest BCUT2D eigenvalue weighted by molar-refractivity contribution is 7.90. The number of nitrogens with zero attached hydrogens (tertiary/aromatic N) is 2. The molecule has 0 radical (unpaired) electrons. The fraction of sp³-hybridized carbons (Fsp3) is 0.500. The van der Waals surface area contributed by atoms with Gasteiger partial charge in [0, 0.05) is 0 Å². The van der Waals surface area contributed by atoms with Gasteiger partial charge in [-0.05, 0) is 30.9 Å². The van der Waals surface area contributed by atoms with Gasteiger partial charge in [-0.1, -0.05) is 31.9 Å². The first-order chi connectivity index (χ1) is 14.7. The summed E-state index contributed by atoms with van der Waals surface area (Å²) < 4.78 is 30.7. The highest BCUT2D eigenvalue weighted by Crippen LogP contribution is 2.38. The number of amides is 4. The van der Waals surface area contributed by atoms with Crippen molar-refractivity contribution in [3.05, 3.63) is 29.8 Å². The van der Waals surface area contributed by atoms with E-state index in [9.17, 15) is 27.6 Å². The molecule has 11 heteroatoms. The number of hydrogen-bond acceptors (Lipinski definition) is 7. The molecule has 2 heterocycles. The molecule has 4 rings (SSSR count). The third kappa shape index (κ3) is 3.36. The maximum Gasteiger partial charge on any atom is 0.326 e. The van der Waals surface area contributed by atoms with Gasteiger partial charge in [0.1, 0.15) is 23.6 Å². The standard InChI is InChI=1S/C20H23N3O7S/c1-13-6-4-5-9-20(13)18(26)22(19(27)21-20)12-16(24)30-11-10-23-17(25)14-7-2-3-8-15(14)31(23,28)29/h2-3,7-8,13H,4-6,9-12H2,1H3,(H,21,27)/t13-,20-/m0/s1. The maximum absolute atomic E-state index is 12.9. The third-order valence-corrected chi connectivity index (χ3v) is 8.10. The minimum Gasteiger partial charge on any atom is -0.462 e. The summed E-state index contributed by atoms with van der Waals surface area (Å²) in [6, 6.07) is 5.21. The fourth-order valence-electron chi connectivity index (χ4n) is 4.51. The number of nitrogens with one attached hydrogen (secondary N) is 1. The molecule has 1 aromatic rings. The van der Waals surface area contributed by atoms with Gasteiger partial charge in [-0.15, -0.1) is 0 Å². The van der Waals surface area contributed by atoms with Crippen LogP contribution in [0.15, 0.2) is 29.2 Å². The first kappa shape index (κ1) is 21.3. The average Bonchev–Trinajstić information content (AvgIpc) is 3.08. The first-order valence-corrected chi connectivity index (χ1v) is 11.6. The molecular formula is C20H23N3O7S. The minimum absolute atomic E-state index is 0.0354. The van der Waals surface area contributed by atoms with E-state index in [0.29, 0.717) is 10.7 Å². The molecule has 2 atom stereocenters. The summed E-state index contributed by atoms with van der Waals surface area (Å²) in [5, 5.41) is 2.75. The molecule has 1 aromatic carbocycles. The molecule has 0 aromatic heterocycles. The van der Waals surface area contributed by atoms with Crippen molar-refractivity contribution >= 4 is 33.8 Å². The van der Waals surface area contributed by atoms with Crippen molar-refractivity contribution in [1.82, 2.24) is 14.5 Å². The van der Waals surface area contributed by atoms with Crippen LogP contribution in [0.25, 0.3) is 0 Å². The minimum atomic E-state index is -3.99. The first-order valence-electron chi connectivity index (χ1n) is 10.1. The molecule has 1 spiro atoms. The van der Waals surface area contributed by atoms with Gasteiger partial charge >= 0.3 is 12.0 Å².